The van der Waals surface area contributed by atoms with E-state index in [2.05, 4.69) is 13.0 Å². The summed E-state index contributed by atoms with van der Waals surface area (Å²) in [4.78, 5) is 11.7. The first-order chi connectivity index (χ1) is 6.74. The summed E-state index contributed by atoms with van der Waals surface area (Å²) in [5, 5.41) is 0. The predicted molar refractivity (Wildman–Crippen MR) is 59.1 cm³/mol. The molecule has 0 spiro atoms. The van der Waals surface area contributed by atoms with Gasteiger partial charge in [-0.1, -0.05) is 19.4 Å². The average molecular weight is 195 g/mol. The molecule has 1 aliphatic carbocycles. The molecule has 1 aliphatic rings. The molecular weight excluding hydrogens is 174 g/mol. The Morgan fingerprint density at radius 1 is 1.57 bits per heavy atom. The molecule has 0 saturated carbocycles. The van der Waals surface area contributed by atoms with E-state index in [4.69, 9.17) is 5.73 Å². The molecule has 14 heavy (non-hydrogen) atoms. The Morgan fingerprint density at radius 2 is 2.36 bits per heavy atom. The summed E-state index contributed by atoms with van der Waals surface area (Å²) in [7, 11) is 0. The van der Waals surface area contributed by atoms with Gasteiger partial charge in [0.25, 0.3) is 0 Å². The summed E-state index contributed by atoms with van der Waals surface area (Å²) in [6, 6.07) is 0.0651. The molecule has 0 heterocycles. The highest BCUT2D eigenvalue weighted by atomic mass is 16.1. The summed E-state index contributed by atoms with van der Waals surface area (Å²) in [5.74, 6) is 0.283. The molecule has 0 aromatic heterocycles. The lowest BCUT2D eigenvalue weighted by Crippen LogP contribution is -2.24. The van der Waals surface area contributed by atoms with E-state index in [0.717, 1.165) is 31.3 Å². The van der Waals surface area contributed by atoms with Gasteiger partial charge in [-0.05, 0) is 37.7 Å². The molecule has 1 rings (SSSR count). The second-order valence-electron chi connectivity index (χ2n) is 4.15. The van der Waals surface area contributed by atoms with Crippen LogP contribution in [0.3, 0.4) is 0 Å². The summed E-state index contributed by atoms with van der Waals surface area (Å²) in [6.45, 7) is 2.10. The monoisotopic (exact) mass is 195 g/mol. The van der Waals surface area contributed by atoms with E-state index < -0.39 is 0 Å². The molecular formula is C12H21NO. The molecule has 2 heteroatoms. The number of ketones is 1. The Morgan fingerprint density at radius 3 is 2.93 bits per heavy atom. The molecule has 80 valence electrons. The van der Waals surface area contributed by atoms with Crippen LogP contribution in [0.15, 0.2) is 11.6 Å². The Kier molecular flexibility index (Phi) is 4.88. The SMILES string of the molecule is CCCC(N)CC(=O)C1=CCCCC1. The first-order valence-corrected chi connectivity index (χ1v) is 5.72. The Balaban J connectivity index is 2.37. The maximum atomic E-state index is 11.7. The van der Waals surface area contributed by atoms with Crippen LogP contribution in [0.5, 0.6) is 0 Å². The number of rotatable bonds is 5. The van der Waals surface area contributed by atoms with E-state index in [-0.39, 0.29) is 11.8 Å². The van der Waals surface area contributed by atoms with E-state index in [1.165, 1.54) is 12.8 Å². The minimum Gasteiger partial charge on any atom is -0.327 e. The summed E-state index contributed by atoms with van der Waals surface area (Å²) in [6.07, 6.45) is 9.11. The van der Waals surface area contributed by atoms with Crippen LogP contribution in [0.4, 0.5) is 0 Å². The van der Waals surface area contributed by atoms with Crippen molar-refractivity contribution in [3.63, 3.8) is 0 Å². The largest absolute Gasteiger partial charge is 0.327 e. The van der Waals surface area contributed by atoms with Crippen LogP contribution < -0.4 is 5.73 Å². The molecule has 0 aromatic rings. The van der Waals surface area contributed by atoms with Crippen molar-refractivity contribution in [1.82, 2.24) is 0 Å². The molecule has 2 nitrogen and oxygen atoms in total. The van der Waals surface area contributed by atoms with Crippen molar-refractivity contribution in [2.45, 2.75) is 57.9 Å². The van der Waals surface area contributed by atoms with Gasteiger partial charge in [0.05, 0.1) is 0 Å². The first-order valence-electron chi connectivity index (χ1n) is 5.72. The number of nitrogens with two attached hydrogens (primary N) is 1. The number of carbonyl (C=O) groups is 1. The first kappa shape index (κ1) is 11.4. The van der Waals surface area contributed by atoms with E-state index in [9.17, 15) is 4.79 Å². The minimum atomic E-state index is 0.0651. The van der Waals surface area contributed by atoms with Gasteiger partial charge in [-0.3, -0.25) is 4.79 Å². The van der Waals surface area contributed by atoms with Gasteiger partial charge in [-0.25, -0.2) is 0 Å². The van der Waals surface area contributed by atoms with Crippen molar-refractivity contribution < 1.29 is 4.79 Å². The topological polar surface area (TPSA) is 43.1 Å². The third-order valence-electron chi connectivity index (χ3n) is 2.76. The van der Waals surface area contributed by atoms with Crippen LogP contribution in [0.2, 0.25) is 0 Å². The maximum absolute atomic E-state index is 11.7. The van der Waals surface area contributed by atoms with Crippen molar-refractivity contribution in [2.24, 2.45) is 5.73 Å². The zero-order valence-electron chi connectivity index (χ0n) is 9.09. The summed E-state index contributed by atoms with van der Waals surface area (Å²) >= 11 is 0. The number of Topliss-reactive ketones (excluding diaryl/α,β-unsaturated/α-hetero) is 1. The normalized spacial score (nSPS) is 18.9. The smallest absolute Gasteiger partial charge is 0.160 e. The van der Waals surface area contributed by atoms with E-state index >= 15 is 0 Å². The molecule has 0 radical (unpaired) electrons. The number of carbonyl (C=O) groups excluding carboxylic acids is 1. The number of hydrogen-bond acceptors (Lipinski definition) is 2. The molecule has 0 saturated heterocycles. The molecule has 0 aromatic carbocycles. The lowest BCUT2D eigenvalue weighted by Gasteiger charge is -2.14. The van der Waals surface area contributed by atoms with E-state index in [1.807, 2.05) is 0 Å². The Hall–Kier alpha value is -0.630. The van der Waals surface area contributed by atoms with Crippen molar-refractivity contribution in [3.05, 3.63) is 11.6 Å². The van der Waals surface area contributed by atoms with Gasteiger partial charge < -0.3 is 5.73 Å². The maximum Gasteiger partial charge on any atom is 0.160 e. The van der Waals surface area contributed by atoms with Crippen molar-refractivity contribution in [3.8, 4) is 0 Å². The third-order valence-corrected chi connectivity index (χ3v) is 2.76. The summed E-state index contributed by atoms with van der Waals surface area (Å²) in [5.41, 5.74) is 6.87. The number of allylic oxidation sites excluding steroid dienone is 2. The van der Waals surface area contributed by atoms with Gasteiger partial charge in [-0.2, -0.15) is 0 Å². The fourth-order valence-electron chi connectivity index (χ4n) is 1.93. The van der Waals surface area contributed by atoms with Gasteiger partial charge in [0.1, 0.15) is 0 Å². The molecule has 0 bridgehead atoms. The zero-order valence-corrected chi connectivity index (χ0v) is 9.09. The van der Waals surface area contributed by atoms with Gasteiger partial charge in [0, 0.05) is 12.5 Å². The zero-order chi connectivity index (χ0) is 10.4. The lowest BCUT2D eigenvalue weighted by molar-refractivity contribution is -0.116. The molecule has 1 atom stereocenters. The molecule has 0 fully saturated rings. The van der Waals surface area contributed by atoms with Crippen LogP contribution >= 0.6 is 0 Å². The van der Waals surface area contributed by atoms with Gasteiger partial charge in [0.15, 0.2) is 5.78 Å². The Bertz CT molecular complexity index is 220. The summed E-state index contributed by atoms with van der Waals surface area (Å²) < 4.78 is 0. The third kappa shape index (κ3) is 3.62. The van der Waals surface area contributed by atoms with Crippen LogP contribution in [0.25, 0.3) is 0 Å². The van der Waals surface area contributed by atoms with Crippen molar-refractivity contribution in [1.29, 1.82) is 0 Å². The van der Waals surface area contributed by atoms with Crippen LogP contribution in [0, 0.1) is 0 Å². The average Bonchev–Trinajstić information content (AvgIpc) is 2.19. The van der Waals surface area contributed by atoms with E-state index in [0.29, 0.717) is 6.42 Å². The fraction of sp³-hybridized carbons (Fsp3) is 0.750. The second kappa shape index (κ2) is 5.97. The molecule has 1 unspecified atom stereocenters. The molecule has 0 aliphatic heterocycles. The lowest BCUT2D eigenvalue weighted by atomic mass is 9.93. The van der Waals surface area contributed by atoms with Gasteiger partial charge in [0.2, 0.25) is 0 Å². The van der Waals surface area contributed by atoms with Crippen LogP contribution in [0.1, 0.15) is 51.9 Å². The minimum absolute atomic E-state index is 0.0651. The molecule has 2 N–H and O–H groups in total. The van der Waals surface area contributed by atoms with E-state index in [1.54, 1.807) is 0 Å². The van der Waals surface area contributed by atoms with Gasteiger partial charge >= 0.3 is 0 Å². The highest BCUT2D eigenvalue weighted by molar-refractivity contribution is 5.95. The standard InChI is InChI=1S/C12H21NO/c1-2-6-11(13)9-12(14)10-7-4-3-5-8-10/h7,11H,2-6,8-9,13H2,1H3. The quantitative estimate of drug-likeness (QED) is 0.732. The molecule has 0 amide bonds. The van der Waals surface area contributed by atoms with Crippen LogP contribution in [-0.2, 0) is 4.79 Å². The predicted octanol–water partition coefficient (Wildman–Crippen LogP) is 2.57. The van der Waals surface area contributed by atoms with Gasteiger partial charge in [-0.15, -0.1) is 0 Å². The van der Waals surface area contributed by atoms with Crippen molar-refractivity contribution in [2.75, 3.05) is 0 Å². The fourth-order valence-corrected chi connectivity index (χ4v) is 1.93. The number of hydrogen-bond donors (Lipinski definition) is 1. The van der Waals surface area contributed by atoms with Crippen molar-refractivity contribution >= 4 is 5.78 Å². The Labute approximate surface area is 86.6 Å². The highest BCUT2D eigenvalue weighted by Gasteiger charge is 2.14. The second-order valence-corrected chi connectivity index (χ2v) is 4.15. The van der Waals surface area contributed by atoms with Crippen LogP contribution in [-0.4, -0.2) is 11.8 Å². The highest BCUT2D eigenvalue weighted by Crippen LogP contribution is 2.19.